The summed E-state index contributed by atoms with van der Waals surface area (Å²) >= 11 is 0. The first-order chi connectivity index (χ1) is 34.7. The van der Waals surface area contributed by atoms with Gasteiger partial charge in [-0.15, -0.1) is 0 Å². The second kappa shape index (κ2) is 14.9. The lowest BCUT2D eigenvalue weighted by Gasteiger charge is -2.32. The number of nitrogens with zero attached hydrogens (tertiary/aromatic N) is 1. The SMILES string of the molecule is c1ccc(-c2cccc(N(c3ccc4c(c3)C3(c5ccccc5-c5ccccc53)c3ccccc3-4)c3cccc4c3oc3c(-c5ccccc5-c5ccccc5)c5c(cc34)oc3ccccc35)c2)cc1. The first-order valence-corrected chi connectivity index (χ1v) is 24.1. The molecule has 3 nitrogen and oxygen atoms in total. The van der Waals surface area contributed by atoms with E-state index in [4.69, 9.17) is 8.83 Å². The number of furan rings is 2. The molecule has 0 amide bonds. The van der Waals surface area contributed by atoms with E-state index in [1.165, 1.54) is 44.5 Å². The Balaban J connectivity index is 1.03. The molecule has 0 bridgehead atoms. The van der Waals surface area contributed by atoms with Gasteiger partial charge in [0.25, 0.3) is 0 Å². The summed E-state index contributed by atoms with van der Waals surface area (Å²) in [7, 11) is 0. The maximum absolute atomic E-state index is 7.57. The smallest absolute Gasteiger partial charge is 0.159 e. The van der Waals surface area contributed by atoms with Crippen molar-refractivity contribution in [1.29, 1.82) is 0 Å². The molecule has 3 heteroatoms. The lowest BCUT2D eigenvalue weighted by atomic mass is 9.70. The summed E-state index contributed by atoms with van der Waals surface area (Å²) < 4.78 is 14.3. The Morgan fingerprint density at radius 2 is 0.843 bits per heavy atom. The summed E-state index contributed by atoms with van der Waals surface area (Å²) in [6, 6.07) is 90.2. The molecule has 0 unspecified atom stereocenters. The van der Waals surface area contributed by atoms with E-state index < -0.39 is 5.41 Å². The molecule has 15 rings (SSSR count). The molecule has 1 spiro atoms. The minimum atomic E-state index is -0.504. The molecule has 0 radical (unpaired) electrons. The van der Waals surface area contributed by atoms with E-state index in [2.05, 4.69) is 248 Å². The molecule has 326 valence electrons. The van der Waals surface area contributed by atoms with Gasteiger partial charge in [0.15, 0.2) is 5.58 Å². The van der Waals surface area contributed by atoms with Crippen molar-refractivity contribution in [3.8, 4) is 55.6 Å². The Bertz CT molecular complexity index is 4190. The number of para-hydroxylation sites is 2. The second-order valence-corrected chi connectivity index (χ2v) is 18.6. The van der Waals surface area contributed by atoms with Gasteiger partial charge in [-0.1, -0.05) is 206 Å². The number of benzene rings is 11. The first-order valence-electron chi connectivity index (χ1n) is 24.1. The fourth-order valence-electron chi connectivity index (χ4n) is 12.2. The predicted octanol–water partition coefficient (Wildman–Crippen LogP) is 18.3. The average molecular weight is 892 g/mol. The summed E-state index contributed by atoms with van der Waals surface area (Å²) in [5.74, 6) is 0. The van der Waals surface area contributed by atoms with Crippen LogP contribution in [0.1, 0.15) is 22.3 Å². The van der Waals surface area contributed by atoms with Crippen LogP contribution < -0.4 is 4.90 Å². The van der Waals surface area contributed by atoms with Crippen molar-refractivity contribution in [2.75, 3.05) is 4.90 Å². The Labute approximate surface area is 404 Å². The molecule has 0 aliphatic heterocycles. The van der Waals surface area contributed by atoms with E-state index in [0.717, 1.165) is 94.3 Å². The molecule has 0 N–H and O–H groups in total. The van der Waals surface area contributed by atoms with Gasteiger partial charge in [0, 0.05) is 38.5 Å². The Morgan fingerprint density at radius 1 is 0.300 bits per heavy atom. The summed E-state index contributed by atoms with van der Waals surface area (Å²) in [5, 5.41) is 4.11. The van der Waals surface area contributed by atoms with Crippen molar-refractivity contribution in [1.82, 2.24) is 0 Å². The van der Waals surface area contributed by atoms with E-state index in [-0.39, 0.29) is 0 Å². The zero-order chi connectivity index (χ0) is 45.9. The number of hydrogen-bond acceptors (Lipinski definition) is 3. The van der Waals surface area contributed by atoms with Crippen LogP contribution in [0, 0.1) is 0 Å². The highest BCUT2D eigenvalue weighted by molar-refractivity contribution is 6.25. The molecule has 13 aromatic rings. The Hall–Kier alpha value is -9.18. The monoisotopic (exact) mass is 891 g/mol. The average Bonchev–Trinajstić information content (AvgIpc) is 4.17. The zero-order valence-corrected chi connectivity index (χ0v) is 37.9. The van der Waals surface area contributed by atoms with Gasteiger partial charge in [0.05, 0.1) is 11.1 Å². The summed E-state index contributed by atoms with van der Waals surface area (Å²) in [5.41, 5.74) is 22.8. The van der Waals surface area contributed by atoms with Gasteiger partial charge in [-0.2, -0.15) is 0 Å². The van der Waals surface area contributed by atoms with Crippen LogP contribution in [0.25, 0.3) is 99.5 Å². The standard InChI is InChI=1S/C67H41NO2/c1-3-19-42(20-4-1)44-23-17-24-45(39-44)68(46-37-38-51-50-28-11-15-34-58(50)67(59(51)40-46)56-32-13-9-26-48(56)49-27-10-14-33-57(49)67)60-35-18-31-53-55-41-62-63(54-30-12-16-36-61(54)69-62)64(66(55)70-65(53)60)52-29-8-7-25-47(52)43-21-5-2-6-22-43/h1-41H. The number of anilines is 3. The van der Waals surface area contributed by atoms with Crippen LogP contribution >= 0.6 is 0 Å². The van der Waals surface area contributed by atoms with Crippen LogP contribution in [-0.4, -0.2) is 0 Å². The van der Waals surface area contributed by atoms with Gasteiger partial charge in [-0.3, -0.25) is 0 Å². The number of rotatable bonds is 6. The van der Waals surface area contributed by atoms with Gasteiger partial charge >= 0.3 is 0 Å². The van der Waals surface area contributed by atoms with Crippen LogP contribution in [0.5, 0.6) is 0 Å². The highest BCUT2D eigenvalue weighted by Gasteiger charge is 2.51. The molecule has 70 heavy (non-hydrogen) atoms. The Kier molecular flexibility index (Phi) is 8.28. The zero-order valence-electron chi connectivity index (χ0n) is 37.9. The van der Waals surface area contributed by atoms with E-state index >= 15 is 0 Å². The third-order valence-electron chi connectivity index (χ3n) is 15.1. The van der Waals surface area contributed by atoms with Gasteiger partial charge < -0.3 is 13.7 Å². The molecule has 0 saturated heterocycles. The predicted molar refractivity (Wildman–Crippen MR) is 288 cm³/mol. The Morgan fingerprint density at radius 3 is 1.56 bits per heavy atom. The molecule has 2 heterocycles. The first kappa shape index (κ1) is 38.9. The number of hydrogen-bond donors (Lipinski definition) is 0. The molecular weight excluding hydrogens is 851 g/mol. The van der Waals surface area contributed by atoms with Crippen molar-refractivity contribution in [2.45, 2.75) is 5.41 Å². The normalized spacial score (nSPS) is 13.0. The van der Waals surface area contributed by atoms with Crippen molar-refractivity contribution < 1.29 is 8.83 Å². The third-order valence-corrected chi connectivity index (χ3v) is 15.1. The van der Waals surface area contributed by atoms with E-state index in [9.17, 15) is 0 Å². The quantitative estimate of drug-likeness (QED) is 0.167. The van der Waals surface area contributed by atoms with Gasteiger partial charge in [0.2, 0.25) is 0 Å². The van der Waals surface area contributed by atoms with Crippen LogP contribution in [0.3, 0.4) is 0 Å². The second-order valence-electron chi connectivity index (χ2n) is 18.6. The molecule has 0 fully saturated rings. The maximum Gasteiger partial charge on any atom is 0.159 e. The highest BCUT2D eigenvalue weighted by Crippen LogP contribution is 2.63. The van der Waals surface area contributed by atoms with Crippen molar-refractivity contribution in [3.63, 3.8) is 0 Å². The topological polar surface area (TPSA) is 29.5 Å². The maximum atomic E-state index is 7.57. The lowest BCUT2D eigenvalue weighted by Crippen LogP contribution is -2.26. The minimum absolute atomic E-state index is 0.504. The molecule has 0 saturated carbocycles. The van der Waals surface area contributed by atoms with Gasteiger partial charge in [0.1, 0.15) is 16.7 Å². The van der Waals surface area contributed by atoms with Crippen molar-refractivity contribution in [3.05, 3.63) is 271 Å². The lowest BCUT2D eigenvalue weighted by molar-refractivity contribution is 0.665. The van der Waals surface area contributed by atoms with E-state index in [1.54, 1.807) is 0 Å². The van der Waals surface area contributed by atoms with Crippen LogP contribution in [0.4, 0.5) is 17.1 Å². The fraction of sp³-hybridized carbons (Fsp3) is 0.0149. The fourth-order valence-corrected chi connectivity index (χ4v) is 12.2. The molecular formula is C67H41NO2. The van der Waals surface area contributed by atoms with Gasteiger partial charge in [-0.05, 0) is 115 Å². The van der Waals surface area contributed by atoms with Crippen LogP contribution in [0.2, 0.25) is 0 Å². The molecule has 0 atom stereocenters. The van der Waals surface area contributed by atoms with E-state index in [1.807, 2.05) is 6.07 Å². The number of fused-ring (bicyclic) bond motifs is 16. The van der Waals surface area contributed by atoms with Crippen molar-refractivity contribution in [2.24, 2.45) is 0 Å². The summed E-state index contributed by atoms with van der Waals surface area (Å²) in [6.45, 7) is 0. The molecule has 2 aliphatic carbocycles. The minimum Gasteiger partial charge on any atom is -0.456 e. The molecule has 11 aromatic carbocycles. The van der Waals surface area contributed by atoms with Crippen LogP contribution in [0.15, 0.2) is 258 Å². The van der Waals surface area contributed by atoms with E-state index in [0.29, 0.717) is 0 Å². The van der Waals surface area contributed by atoms with Crippen molar-refractivity contribution >= 4 is 60.9 Å². The third kappa shape index (κ3) is 5.40. The van der Waals surface area contributed by atoms with Crippen LogP contribution in [-0.2, 0) is 5.41 Å². The molecule has 2 aliphatic rings. The van der Waals surface area contributed by atoms with Gasteiger partial charge in [-0.25, -0.2) is 0 Å². The largest absolute Gasteiger partial charge is 0.456 e. The summed E-state index contributed by atoms with van der Waals surface area (Å²) in [6.07, 6.45) is 0. The summed E-state index contributed by atoms with van der Waals surface area (Å²) in [4.78, 5) is 2.41. The highest BCUT2D eigenvalue weighted by atomic mass is 16.3. The molecule has 2 aromatic heterocycles.